The van der Waals surface area contributed by atoms with E-state index in [0.717, 1.165) is 24.2 Å². The highest BCUT2D eigenvalue weighted by atomic mass is 32.1. The van der Waals surface area contributed by atoms with Crippen LogP contribution >= 0.6 is 11.3 Å². The summed E-state index contributed by atoms with van der Waals surface area (Å²) in [6.45, 7) is 4.17. The van der Waals surface area contributed by atoms with Crippen molar-refractivity contribution in [1.82, 2.24) is 4.98 Å². The fourth-order valence-corrected chi connectivity index (χ4v) is 4.79. The highest BCUT2D eigenvalue weighted by Gasteiger charge is 2.17. The molecule has 0 saturated heterocycles. The molecule has 0 spiro atoms. The van der Waals surface area contributed by atoms with Crippen molar-refractivity contribution in [3.05, 3.63) is 84.7 Å². The molecule has 0 atom stereocenters. The first-order valence-corrected chi connectivity index (χ1v) is 9.61. The zero-order chi connectivity index (χ0) is 17.5. The Morgan fingerprint density at radius 2 is 1.88 bits per heavy atom. The van der Waals surface area contributed by atoms with Gasteiger partial charge in [0, 0.05) is 23.5 Å². The number of hydrogen-bond acceptors (Lipinski definition) is 3. The Labute approximate surface area is 156 Å². The summed E-state index contributed by atoms with van der Waals surface area (Å²) in [5, 5.41) is 4.91. The Kier molecular flexibility index (Phi) is 3.61. The number of nitrogens with one attached hydrogen (secondary N) is 1. The molecule has 1 aliphatic carbocycles. The minimum absolute atomic E-state index is 1.07. The second-order valence-corrected chi connectivity index (χ2v) is 7.70. The quantitative estimate of drug-likeness (QED) is 0.444. The molecule has 0 bridgehead atoms. The van der Waals surface area contributed by atoms with Gasteiger partial charge in [-0.25, -0.2) is 0 Å². The van der Waals surface area contributed by atoms with Gasteiger partial charge in [0.2, 0.25) is 0 Å². The molecule has 5 rings (SSSR count). The van der Waals surface area contributed by atoms with Crippen LogP contribution in [0.5, 0.6) is 0 Å². The molecule has 4 aromatic rings. The Morgan fingerprint density at radius 1 is 1.00 bits per heavy atom. The van der Waals surface area contributed by atoms with Crippen molar-refractivity contribution in [3.8, 4) is 10.4 Å². The van der Waals surface area contributed by atoms with Gasteiger partial charge in [-0.05, 0) is 53.3 Å². The average molecular weight is 354 g/mol. The summed E-state index contributed by atoms with van der Waals surface area (Å²) < 4.78 is 1.20. The molecule has 1 N–H and O–H groups in total. The minimum Gasteiger partial charge on any atom is -0.354 e. The molecular formula is C23H18N2S. The number of fused-ring (bicyclic) bond motifs is 2. The number of allylic oxidation sites excluding steroid dienone is 1. The molecule has 2 nitrogen and oxygen atoms in total. The van der Waals surface area contributed by atoms with Crippen LogP contribution in [0.25, 0.3) is 26.1 Å². The van der Waals surface area contributed by atoms with Gasteiger partial charge in [0.05, 0.1) is 15.3 Å². The van der Waals surface area contributed by atoms with E-state index >= 15 is 0 Å². The number of thiophene rings is 1. The van der Waals surface area contributed by atoms with Crippen LogP contribution in [0.3, 0.4) is 0 Å². The summed E-state index contributed by atoms with van der Waals surface area (Å²) in [7, 11) is 0. The number of aryl methyl sites for hydroxylation is 1. The molecule has 0 unspecified atom stereocenters. The number of aromatic nitrogens is 1. The van der Waals surface area contributed by atoms with Gasteiger partial charge in [-0.1, -0.05) is 43.0 Å². The molecule has 0 radical (unpaired) electrons. The SMILES string of the molecule is C=C1CCc2cc(Nc3c(-c4ccccc4)sc4cnccc34)ccc21. The summed E-state index contributed by atoms with van der Waals surface area (Å²) in [4.78, 5) is 5.55. The number of anilines is 2. The Bertz CT molecular complexity index is 1130. The molecule has 126 valence electrons. The van der Waals surface area contributed by atoms with Gasteiger partial charge in [0.15, 0.2) is 0 Å². The minimum atomic E-state index is 1.07. The molecule has 2 aromatic heterocycles. The number of benzene rings is 2. The highest BCUT2D eigenvalue weighted by Crippen LogP contribution is 2.44. The van der Waals surface area contributed by atoms with Crippen LogP contribution in [0, 0.1) is 0 Å². The van der Waals surface area contributed by atoms with Crippen LogP contribution in [0.2, 0.25) is 0 Å². The van der Waals surface area contributed by atoms with Crippen LogP contribution in [0.15, 0.2) is 73.6 Å². The van der Waals surface area contributed by atoms with Gasteiger partial charge in [0.1, 0.15) is 0 Å². The van der Waals surface area contributed by atoms with E-state index in [4.69, 9.17) is 0 Å². The molecular weight excluding hydrogens is 336 g/mol. The van der Waals surface area contributed by atoms with Crippen molar-refractivity contribution in [2.45, 2.75) is 12.8 Å². The Morgan fingerprint density at radius 3 is 2.77 bits per heavy atom. The van der Waals surface area contributed by atoms with E-state index in [2.05, 4.69) is 71.5 Å². The van der Waals surface area contributed by atoms with Gasteiger partial charge in [-0.3, -0.25) is 4.98 Å². The second kappa shape index (κ2) is 6.11. The van der Waals surface area contributed by atoms with E-state index in [9.17, 15) is 0 Å². The van der Waals surface area contributed by atoms with Crippen molar-refractivity contribution in [1.29, 1.82) is 0 Å². The molecule has 2 heterocycles. The van der Waals surface area contributed by atoms with E-state index in [1.165, 1.54) is 37.2 Å². The third-order valence-electron chi connectivity index (χ3n) is 4.98. The van der Waals surface area contributed by atoms with Crippen molar-refractivity contribution < 1.29 is 0 Å². The van der Waals surface area contributed by atoms with Crippen molar-refractivity contribution in [2.75, 3.05) is 5.32 Å². The van der Waals surface area contributed by atoms with Crippen molar-refractivity contribution in [2.24, 2.45) is 0 Å². The zero-order valence-electron chi connectivity index (χ0n) is 14.3. The van der Waals surface area contributed by atoms with Crippen molar-refractivity contribution >= 4 is 38.4 Å². The second-order valence-electron chi connectivity index (χ2n) is 6.64. The third kappa shape index (κ3) is 2.52. The summed E-state index contributed by atoms with van der Waals surface area (Å²) in [6.07, 6.45) is 5.97. The average Bonchev–Trinajstić information content (AvgIpc) is 3.24. The monoisotopic (exact) mass is 354 g/mol. The first-order valence-electron chi connectivity index (χ1n) is 8.79. The summed E-state index contributed by atoms with van der Waals surface area (Å²) in [5.41, 5.74) is 7.48. The predicted molar refractivity (Wildman–Crippen MR) is 112 cm³/mol. The van der Waals surface area contributed by atoms with Crippen LogP contribution in [0.4, 0.5) is 11.4 Å². The van der Waals surface area contributed by atoms with Crippen LogP contribution in [-0.2, 0) is 6.42 Å². The van der Waals surface area contributed by atoms with Crippen LogP contribution in [-0.4, -0.2) is 4.98 Å². The molecule has 0 aliphatic heterocycles. The van der Waals surface area contributed by atoms with E-state index in [0.29, 0.717) is 0 Å². The van der Waals surface area contributed by atoms with E-state index < -0.39 is 0 Å². The first kappa shape index (κ1) is 15.4. The number of rotatable bonds is 3. The van der Waals surface area contributed by atoms with Crippen LogP contribution < -0.4 is 5.32 Å². The van der Waals surface area contributed by atoms with Gasteiger partial charge in [-0.15, -0.1) is 11.3 Å². The molecule has 1 aliphatic rings. The van der Waals surface area contributed by atoms with Crippen LogP contribution in [0.1, 0.15) is 17.5 Å². The lowest BCUT2D eigenvalue weighted by Gasteiger charge is -2.11. The maximum Gasteiger partial charge on any atom is 0.0654 e. The molecule has 3 heteroatoms. The standard InChI is InChI=1S/C23H18N2S/c1-15-7-8-17-13-18(9-10-19(15)17)25-22-20-11-12-24-14-21(20)26-23(22)16-5-3-2-4-6-16/h2-6,9-14,25H,1,7-8H2. The van der Waals surface area contributed by atoms with Gasteiger partial charge >= 0.3 is 0 Å². The summed E-state index contributed by atoms with van der Waals surface area (Å²) in [6, 6.07) is 19.3. The van der Waals surface area contributed by atoms with Gasteiger partial charge < -0.3 is 5.32 Å². The predicted octanol–water partition coefficient (Wildman–Crippen LogP) is 6.67. The normalized spacial score (nSPS) is 13.2. The van der Waals surface area contributed by atoms with Crippen molar-refractivity contribution in [3.63, 3.8) is 0 Å². The third-order valence-corrected chi connectivity index (χ3v) is 6.17. The maximum atomic E-state index is 4.30. The molecule has 2 aromatic carbocycles. The number of pyridine rings is 1. The largest absolute Gasteiger partial charge is 0.354 e. The fraction of sp³-hybridized carbons (Fsp3) is 0.0870. The Balaban J connectivity index is 1.63. The Hall–Kier alpha value is -2.91. The molecule has 0 saturated carbocycles. The first-order chi connectivity index (χ1) is 12.8. The number of nitrogens with zero attached hydrogens (tertiary/aromatic N) is 1. The van der Waals surface area contributed by atoms with Gasteiger partial charge in [0.25, 0.3) is 0 Å². The van der Waals surface area contributed by atoms with Gasteiger partial charge in [-0.2, -0.15) is 0 Å². The highest BCUT2D eigenvalue weighted by molar-refractivity contribution is 7.23. The molecule has 0 fully saturated rings. The van der Waals surface area contributed by atoms with E-state index in [1.54, 1.807) is 11.3 Å². The lowest BCUT2D eigenvalue weighted by Crippen LogP contribution is -1.93. The summed E-state index contributed by atoms with van der Waals surface area (Å²) in [5.74, 6) is 0. The smallest absolute Gasteiger partial charge is 0.0654 e. The fourth-order valence-electron chi connectivity index (χ4n) is 3.66. The lowest BCUT2D eigenvalue weighted by atomic mass is 10.1. The number of hydrogen-bond donors (Lipinski definition) is 1. The zero-order valence-corrected chi connectivity index (χ0v) is 15.1. The molecule has 26 heavy (non-hydrogen) atoms. The topological polar surface area (TPSA) is 24.9 Å². The maximum absolute atomic E-state index is 4.30. The summed E-state index contributed by atoms with van der Waals surface area (Å²) >= 11 is 1.78. The lowest BCUT2D eigenvalue weighted by molar-refractivity contribution is 1.08. The van der Waals surface area contributed by atoms with E-state index in [1.807, 2.05) is 12.4 Å². The van der Waals surface area contributed by atoms with E-state index in [-0.39, 0.29) is 0 Å². The molecule has 0 amide bonds.